The number of carbonyl (C=O) groups is 1. The first kappa shape index (κ1) is 16.0. The molecule has 4 rings (SSSR count). The monoisotopic (exact) mass is 337 g/mol. The highest BCUT2D eigenvalue weighted by Crippen LogP contribution is 2.35. The molecule has 1 unspecified atom stereocenters. The van der Waals surface area contributed by atoms with Gasteiger partial charge in [-0.05, 0) is 49.9 Å². The number of fused-ring (bicyclic) bond motifs is 1. The van der Waals surface area contributed by atoms with Gasteiger partial charge < -0.3 is 16.0 Å². The summed E-state index contributed by atoms with van der Waals surface area (Å²) in [6.07, 6.45) is 6.04. The number of rotatable bonds is 4. The molecule has 6 nitrogen and oxygen atoms in total. The first-order valence-electron chi connectivity index (χ1n) is 8.85. The van der Waals surface area contributed by atoms with E-state index in [9.17, 15) is 4.79 Å². The topological polar surface area (TPSA) is 78.9 Å². The molecule has 2 heterocycles. The second kappa shape index (κ2) is 6.80. The number of hydrogen-bond acceptors (Lipinski definition) is 5. The Labute approximate surface area is 147 Å². The second-order valence-electron chi connectivity index (χ2n) is 7.04. The number of anilines is 2. The predicted molar refractivity (Wildman–Crippen MR) is 98.3 cm³/mol. The van der Waals surface area contributed by atoms with Gasteiger partial charge in [0.1, 0.15) is 5.82 Å². The summed E-state index contributed by atoms with van der Waals surface area (Å²) >= 11 is 0. The quantitative estimate of drug-likeness (QED) is 0.799. The number of amides is 1. The Bertz CT molecular complexity index is 731. The van der Waals surface area contributed by atoms with E-state index in [-0.39, 0.29) is 5.91 Å². The molecule has 25 heavy (non-hydrogen) atoms. The lowest BCUT2D eigenvalue weighted by Gasteiger charge is -2.14. The van der Waals surface area contributed by atoms with Crippen molar-refractivity contribution in [3.05, 3.63) is 36.7 Å². The van der Waals surface area contributed by atoms with Crippen molar-refractivity contribution in [2.45, 2.75) is 25.8 Å². The summed E-state index contributed by atoms with van der Waals surface area (Å²) in [7, 11) is 0. The zero-order valence-corrected chi connectivity index (χ0v) is 14.3. The Balaban J connectivity index is 1.39. The molecule has 2 aliphatic rings. The lowest BCUT2D eigenvalue weighted by molar-refractivity contribution is -0.114. The lowest BCUT2D eigenvalue weighted by atomic mass is 10.0. The van der Waals surface area contributed by atoms with Crippen molar-refractivity contribution in [1.29, 1.82) is 0 Å². The van der Waals surface area contributed by atoms with Crippen LogP contribution in [0.3, 0.4) is 0 Å². The second-order valence-corrected chi connectivity index (χ2v) is 7.04. The number of nitrogens with one attached hydrogen (secondary N) is 3. The highest BCUT2D eigenvalue weighted by molar-refractivity contribution is 5.88. The van der Waals surface area contributed by atoms with Crippen molar-refractivity contribution in [2.75, 3.05) is 23.7 Å². The van der Waals surface area contributed by atoms with Crippen molar-refractivity contribution >= 4 is 17.4 Å². The Morgan fingerprint density at radius 2 is 1.80 bits per heavy atom. The fourth-order valence-electron chi connectivity index (χ4n) is 3.97. The van der Waals surface area contributed by atoms with Gasteiger partial charge >= 0.3 is 0 Å². The van der Waals surface area contributed by atoms with Crippen molar-refractivity contribution in [2.24, 2.45) is 11.8 Å². The summed E-state index contributed by atoms with van der Waals surface area (Å²) in [6, 6.07) is 8.13. The summed E-state index contributed by atoms with van der Waals surface area (Å²) in [5, 5.41) is 9.76. The third-order valence-electron chi connectivity index (χ3n) is 5.16. The minimum atomic E-state index is -0.0743. The van der Waals surface area contributed by atoms with Gasteiger partial charge in [0.25, 0.3) is 0 Å². The van der Waals surface area contributed by atoms with E-state index in [1.165, 1.54) is 19.8 Å². The molecule has 1 aliphatic carbocycles. The molecule has 1 aliphatic heterocycles. The molecular weight excluding hydrogens is 314 g/mol. The molecule has 0 bridgehead atoms. The molecule has 1 saturated heterocycles. The van der Waals surface area contributed by atoms with Crippen LogP contribution in [0.1, 0.15) is 19.8 Å². The minimum Gasteiger partial charge on any atom is -0.366 e. The largest absolute Gasteiger partial charge is 0.366 e. The molecule has 1 saturated carbocycles. The van der Waals surface area contributed by atoms with Crippen LogP contribution in [0.15, 0.2) is 36.7 Å². The van der Waals surface area contributed by atoms with E-state index >= 15 is 0 Å². The molecule has 0 radical (unpaired) electrons. The number of benzene rings is 1. The third kappa shape index (κ3) is 3.64. The fraction of sp³-hybridized carbons (Fsp3) is 0.421. The molecule has 2 aromatic rings. The number of carbonyl (C=O) groups excluding carboxylic acids is 1. The Hall–Kier alpha value is -2.47. The van der Waals surface area contributed by atoms with E-state index < -0.39 is 0 Å². The van der Waals surface area contributed by atoms with Gasteiger partial charge in [0.15, 0.2) is 0 Å². The Morgan fingerprint density at radius 3 is 2.40 bits per heavy atom. The normalized spacial score (nSPS) is 24.8. The Kier molecular flexibility index (Phi) is 4.36. The van der Waals surface area contributed by atoms with E-state index in [2.05, 4.69) is 25.9 Å². The average molecular weight is 337 g/mol. The highest BCUT2D eigenvalue weighted by atomic mass is 16.1. The van der Waals surface area contributed by atoms with Crippen molar-refractivity contribution in [3.8, 4) is 11.3 Å². The van der Waals surface area contributed by atoms with Gasteiger partial charge in [-0.2, -0.15) is 0 Å². The van der Waals surface area contributed by atoms with Gasteiger partial charge in [-0.15, -0.1) is 0 Å². The fourth-order valence-corrected chi connectivity index (χ4v) is 3.97. The zero-order valence-electron chi connectivity index (χ0n) is 14.3. The van der Waals surface area contributed by atoms with Crippen LogP contribution in [-0.4, -0.2) is 35.0 Å². The molecule has 1 aromatic carbocycles. The van der Waals surface area contributed by atoms with E-state index in [1.807, 2.05) is 30.5 Å². The summed E-state index contributed by atoms with van der Waals surface area (Å²) in [6.45, 7) is 3.81. The van der Waals surface area contributed by atoms with Crippen LogP contribution in [0.2, 0.25) is 0 Å². The number of hydrogen-bond donors (Lipinski definition) is 3. The lowest BCUT2D eigenvalue weighted by Crippen LogP contribution is -2.21. The highest BCUT2D eigenvalue weighted by Gasteiger charge is 2.37. The summed E-state index contributed by atoms with van der Waals surface area (Å²) in [5.74, 6) is 2.39. The molecule has 3 N–H and O–H groups in total. The van der Waals surface area contributed by atoms with E-state index in [0.717, 1.165) is 47.7 Å². The van der Waals surface area contributed by atoms with Crippen LogP contribution in [-0.2, 0) is 4.79 Å². The van der Waals surface area contributed by atoms with Gasteiger partial charge in [0.2, 0.25) is 5.91 Å². The molecule has 2 fully saturated rings. The average Bonchev–Trinajstić information content (AvgIpc) is 3.17. The van der Waals surface area contributed by atoms with Gasteiger partial charge in [-0.3, -0.25) is 9.78 Å². The first-order valence-corrected chi connectivity index (χ1v) is 8.85. The van der Waals surface area contributed by atoms with Crippen molar-refractivity contribution < 1.29 is 4.79 Å². The maximum atomic E-state index is 11.1. The van der Waals surface area contributed by atoms with Crippen molar-refractivity contribution in [3.63, 3.8) is 0 Å². The third-order valence-corrected chi connectivity index (χ3v) is 5.16. The van der Waals surface area contributed by atoms with Gasteiger partial charge in [-0.25, -0.2) is 4.98 Å². The van der Waals surface area contributed by atoms with Crippen LogP contribution in [0.4, 0.5) is 11.5 Å². The molecule has 1 amide bonds. The van der Waals surface area contributed by atoms with Crippen LogP contribution in [0, 0.1) is 11.8 Å². The van der Waals surface area contributed by atoms with Crippen LogP contribution in [0.5, 0.6) is 0 Å². The van der Waals surface area contributed by atoms with E-state index in [0.29, 0.717) is 6.04 Å². The summed E-state index contributed by atoms with van der Waals surface area (Å²) in [4.78, 5) is 20.1. The first-order chi connectivity index (χ1) is 12.2. The number of aromatic nitrogens is 2. The van der Waals surface area contributed by atoms with Crippen molar-refractivity contribution in [1.82, 2.24) is 15.3 Å². The smallest absolute Gasteiger partial charge is 0.221 e. The van der Waals surface area contributed by atoms with Gasteiger partial charge in [0.05, 0.1) is 18.1 Å². The van der Waals surface area contributed by atoms with E-state index in [1.54, 1.807) is 6.20 Å². The van der Waals surface area contributed by atoms with Gasteiger partial charge in [0, 0.05) is 24.2 Å². The maximum absolute atomic E-state index is 11.1. The molecule has 6 heteroatoms. The predicted octanol–water partition coefficient (Wildman–Crippen LogP) is 2.51. The minimum absolute atomic E-state index is 0.0743. The standard InChI is InChI=1S/C19H23N5O/c1-12(25)23-16-4-2-13(3-5-16)18-10-22-19(11-21-18)24-17-6-14-8-20-9-15(14)7-17/h2-5,10-11,14-15,17,20H,6-9H2,1H3,(H,22,24)(H,23,25)/t14-,15+,17?. The van der Waals surface area contributed by atoms with E-state index in [4.69, 9.17) is 0 Å². The van der Waals surface area contributed by atoms with Crippen LogP contribution in [0.25, 0.3) is 11.3 Å². The van der Waals surface area contributed by atoms with Crippen LogP contribution >= 0.6 is 0 Å². The summed E-state index contributed by atoms with van der Waals surface area (Å²) in [5.41, 5.74) is 2.59. The van der Waals surface area contributed by atoms with Gasteiger partial charge in [-0.1, -0.05) is 12.1 Å². The Morgan fingerprint density at radius 1 is 1.08 bits per heavy atom. The SMILES string of the molecule is CC(=O)Nc1ccc(-c2cnc(NC3C[C@H]4CNC[C@H]4C3)cn2)cc1. The number of nitrogens with zero attached hydrogens (tertiary/aromatic N) is 2. The molecule has 1 aromatic heterocycles. The molecule has 3 atom stereocenters. The maximum Gasteiger partial charge on any atom is 0.221 e. The molecular formula is C19H23N5O. The summed E-state index contributed by atoms with van der Waals surface area (Å²) < 4.78 is 0. The van der Waals surface area contributed by atoms with Crippen LogP contribution < -0.4 is 16.0 Å². The molecule has 0 spiro atoms. The zero-order chi connectivity index (χ0) is 17.2. The molecule has 130 valence electrons.